The third-order valence-corrected chi connectivity index (χ3v) is 1.84. The average Bonchev–Trinajstić information content (AvgIpc) is 2.10. The van der Waals surface area contributed by atoms with Crippen LogP contribution in [-0.4, -0.2) is 25.5 Å². The Morgan fingerprint density at radius 1 is 1.58 bits per heavy atom. The van der Waals surface area contributed by atoms with Gasteiger partial charge in [0.25, 0.3) is 0 Å². The van der Waals surface area contributed by atoms with E-state index in [9.17, 15) is 4.79 Å². The maximum Gasteiger partial charge on any atom is 0.161 e. The monoisotopic (exact) mass is 173 g/mol. The van der Waals surface area contributed by atoms with Crippen LogP contribution in [0.3, 0.4) is 0 Å². The van der Waals surface area contributed by atoms with E-state index in [1.807, 2.05) is 13.8 Å². The third-order valence-electron chi connectivity index (χ3n) is 1.84. The predicted molar refractivity (Wildman–Crippen MR) is 49.0 cm³/mol. The van der Waals surface area contributed by atoms with Gasteiger partial charge in [-0.15, -0.1) is 0 Å². The molecule has 0 aromatic carbocycles. The lowest BCUT2D eigenvalue weighted by atomic mass is 10.0. The third kappa shape index (κ3) is 5.27. The van der Waals surface area contributed by atoms with Crippen molar-refractivity contribution in [3.8, 4) is 0 Å². The first-order valence-corrected chi connectivity index (χ1v) is 4.52. The van der Waals surface area contributed by atoms with Crippen molar-refractivity contribution < 1.29 is 9.53 Å². The maximum atomic E-state index is 11.2. The van der Waals surface area contributed by atoms with Crippen molar-refractivity contribution in [3.05, 3.63) is 0 Å². The van der Waals surface area contributed by atoms with Crippen LogP contribution in [0.4, 0.5) is 0 Å². The lowest BCUT2D eigenvalue weighted by molar-refractivity contribution is -0.127. The molecule has 0 aliphatic carbocycles. The molecule has 0 radical (unpaired) electrons. The van der Waals surface area contributed by atoms with Crippen molar-refractivity contribution in [1.82, 2.24) is 0 Å². The highest BCUT2D eigenvalue weighted by Gasteiger charge is 2.11. The van der Waals surface area contributed by atoms with Crippen molar-refractivity contribution in [2.75, 3.05) is 19.8 Å². The SMILES string of the molecule is CCOCC(=O)C(C)CCCN. The highest BCUT2D eigenvalue weighted by molar-refractivity contribution is 5.81. The normalized spacial score (nSPS) is 12.9. The summed E-state index contributed by atoms with van der Waals surface area (Å²) in [6, 6.07) is 0. The van der Waals surface area contributed by atoms with Gasteiger partial charge in [-0.25, -0.2) is 0 Å². The summed E-state index contributed by atoms with van der Waals surface area (Å²) >= 11 is 0. The number of hydrogen-bond donors (Lipinski definition) is 1. The summed E-state index contributed by atoms with van der Waals surface area (Å²) in [6.45, 7) is 5.33. The fraction of sp³-hybridized carbons (Fsp3) is 0.889. The van der Waals surface area contributed by atoms with Crippen LogP contribution in [-0.2, 0) is 9.53 Å². The molecule has 2 N–H and O–H groups in total. The quantitative estimate of drug-likeness (QED) is 0.624. The van der Waals surface area contributed by atoms with E-state index in [1.54, 1.807) is 0 Å². The second kappa shape index (κ2) is 7.25. The molecule has 0 saturated carbocycles. The molecule has 0 fully saturated rings. The Kier molecular flexibility index (Phi) is 7.00. The van der Waals surface area contributed by atoms with E-state index in [4.69, 9.17) is 10.5 Å². The fourth-order valence-corrected chi connectivity index (χ4v) is 0.930. The molecule has 0 aromatic rings. The molecule has 12 heavy (non-hydrogen) atoms. The highest BCUT2D eigenvalue weighted by atomic mass is 16.5. The summed E-state index contributed by atoms with van der Waals surface area (Å²) in [7, 11) is 0. The van der Waals surface area contributed by atoms with E-state index in [0.717, 1.165) is 12.8 Å². The number of rotatable bonds is 7. The molecule has 0 heterocycles. The van der Waals surface area contributed by atoms with Gasteiger partial charge in [0.05, 0.1) is 0 Å². The Labute approximate surface area is 74.3 Å². The predicted octanol–water partition coefficient (Wildman–Crippen LogP) is 0.967. The van der Waals surface area contributed by atoms with Crippen molar-refractivity contribution in [3.63, 3.8) is 0 Å². The average molecular weight is 173 g/mol. The molecule has 0 aliphatic heterocycles. The van der Waals surface area contributed by atoms with E-state index < -0.39 is 0 Å². The van der Waals surface area contributed by atoms with Crippen molar-refractivity contribution in [1.29, 1.82) is 0 Å². The lowest BCUT2D eigenvalue weighted by Crippen LogP contribution is -2.18. The first-order chi connectivity index (χ1) is 5.72. The van der Waals surface area contributed by atoms with E-state index in [1.165, 1.54) is 0 Å². The zero-order valence-corrected chi connectivity index (χ0v) is 8.01. The van der Waals surface area contributed by atoms with Crippen LogP contribution in [0.15, 0.2) is 0 Å². The Morgan fingerprint density at radius 3 is 2.75 bits per heavy atom. The zero-order valence-electron chi connectivity index (χ0n) is 8.01. The van der Waals surface area contributed by atoms with E-state index >= 15 is 0 Å². The number of carbonyl (C=O) groups excluding carboxylic acids is 1. The summed E-state index contributed by atoms with van der Waals surface area (Å²) in [6.07, 6.45) is 1.79. The Balaban J connectivity index is 3.47. The van der Waals surface area contributed by atoms with Crippen LogP contribution in [0.1, 0.15) is 26.7 Å². The number of ether oxygens (including phenoxy) is 1. The molecule has 0 aliphatic rings. The van der Waals surface area contributed by atoms with Crippen LogP contribution in [0.2, 0.25) is 0 Å². The molecular weight excluding hydrogens is 154 g/mol. The number of hydrogen-bond acceptors (Lipinski definition) is 3. The molecule has 0 saturated heterocycles. The van der Waals surface area contributed by atoms with E-state index in [0.29, 0.717) is 13.2 Å². The molecule has 0 bridgehead atoms. The largest absolute Gasteiger partial charge is 0.374 e. The second-order valence-electron chi connectivity index (χ2n) is 2.94. The van der Waals surface area contributed by atoms with E-state index in [2.05, 4.69) is 0 Å². The molecule has 1 unspecified atom stereocenters. The van der Waals surface area contributed by atoms with Gasteiger partial charge >= 0.3 is 0 Å². The molecular formula is C9H19NO2. The smallest absolute Gasteiger partial charge is 0.161 e. The summed E-state index contributed by atoms with van der Waals surface area (Å²) in [5, 5.41) is 0. The van der Waals surface area contributed by atoms with Crippen LogP contribution in [0.5, 0.6) is 0 Å². The molecule has 3 heteroatoms. The van der Waals surface area contributed by atoms with Gasteiger partial charge in [0.15, 0.2) is 5.78 Å². The minimum atomic E-state index is 0.0973. The van der Waals surface area contributed by atoms with Crippen LogP contribution >= 0.6 is 0 Å². The summed E-state index contributed by atoms with van der Waals surface area (Å²) in [4.78, 5) is 11.2. The summed E-state index contributed by atoms with van der Waals surface area (Å²) in [5.41, 5.74) is 5.33. The molecule has 0 rings (SSSR count). The molecule has 72 valence electrons. The number of nitrogens with two attached hydrogens (primary N) is 1. The van der Waals surface area contributed by atoms with Gasteiger partial charge in [0.1, 0.15) is 6.61 Å². The molecule has 3 nitrogen and oxygen atoms in total. The van der Waals surface area contributed by atoms with Crippen LogP contribution < -0.4 is 5.73 Å². The van der Waals surface area contributed by atoms with Gasteiger partial charge in [-0.1, -0.05) is 6.92 Å². The topological polar surface area (TPSA) is 52.3 Å². The fourth-order valence-electron chi connectivity index (χ4n) is 0.930. The number of ketones is 1. The maximum absolute atomic E-state index is 11.2. The molecule has 0 spiro atoms. The Hall–Kier alpha value is -0.410. The van der Waals surface area contributed by atoms with Gasteiger partial charge in [-0.05, 0) is 26.3 Å². The van der Waals surface area contributed by atoms with Gasteiger partial charge in [0, 0.05) is 12.5 Å². The lowest BCUT2D eigenvalue weighted by Gasteiger charge is -2.08. The zero-order chi connectivity index (χ0) is 9.40. The number of Topliss-reactive ketones (excluding diaryl/α,β-unsaturated/α-hetero) is 1. The molecule has 0 amide bonds. The van der Waals surface area contributed by atoms with Gasteiger partial charge in [0.2, 0.25) is 0 Å². The van der Waals surface area contributed by atoms with Crippen LogP contribution in [0, 0.1) is 5.92 Å². The van der Waals surface area contributed by atoms with Gasteiger partial charge in [-0.3, -0.25) is 4.79 Å². The minimum Gasteiger partial charge on any atom is -0.374 e. The first-order valence-electron chi connectivity index (χ1n) is 4.52. The Bertz CT molecular complexity index is 126. The summed E-state index contributed by atoms with van der Waals surface area (Å²) < 4.78 is 5.02. The van der Waals surface area contributed by atoms with Crippen molar-refractivity contribution >= 4 is 5.78 Å². The van der Waals surface area contributed by atoms with Crippen molar-refractivity contribution in [2.24, 2.45) is 11.7 Å². The standard InChI is InChI=1S/C9H19NO2/c1-3-12-7-9(11)8(2)5-4-6-10/h8H,3-7,10H2,1-2H3. The Morgan fingerprint density at radius 2 is 2.25 bits per heavy atom. The van der Waals surface area contributed by atoms with E-state index in [-0.39, 0.29) is 18.3 Å². The molecule has 0 aromatic heterocycles. The molecule has 1 atom stereocenters. The van der Waals surface area contributed by atoms with Gasteiger partial charge < -0.3 is 10.5 Å². The van der Waals surface area contributed by atoms with Crippen molar-refractivity contribution in [2.45, 2.75) is 26.7 Å². The van der Waals surface area contributed by atoms with Crippen LogP contribution in [0.25, 0.3) is 0 Å². The highest BCUT2D eigenvalue weighted by Crippen LogP contribution is 2.05. The van der Waals surface area contributed by atoms with Gasteiger partial charge in [-0.2, -0.15) is 0 Å². The number of carbonyl (C=O) groups is 1. The summed E-state index contributed by atoms with van der Waals surface area (Å²) in [5.74, 6) is 0.283. The first kappa shape index (κ1) is 11.6. The second-order valence-corrected chi connectivity index (χ2v) is 2.94. The minimum absolute atomic E-state index is 0.0973.